The molecule has 0 saturated carbocycles. The average molecular weight is 435 g/mol. The fourth-order valence-corrected chi connectivity index (χ4v) is 4.91. The second-order valence-electron chi connectivity index (χ2n) is 7.69. The molecule has 2 amide bonds. The third kappa shape index (κ3) is 5.17. The number of thiazole rings is 1. The molecule has 0 bridgehead atoms. The maximum atomic E-state index is 13.3. The largest absolute Gasteiger partial charge is 0.341 e. The maximum absolute atomic E-state index is 13.3. The first-order valence-corrected chi connectivity index (χ1v) is 11.4. The fourth-order valence-electron chi connectivity index (χ4n) is 3.94. The van der Waals surface area contributed by atoms with Crippen LogP contribution in [0, 0.1) is 0 Å². The van der Waals surface area contributed by atoms with Crippen molar-refractivity contribution in [1.29, 1.82) is 0 Å². The smallest absolute Gasteiger partial charge is 0.223 e. The number of pyridine rings is 1. The van der Waals surface area contributed by atoms with Crippen LogP contribution in [0.3, 0.4) is 0 Å². The van der Waals surface area contributed by atoms with Crippen LogP contribution in [0.1, 0.15) is 36.4 Å². The first-order valence-electron chi connectivity index (χ1n) is 10.6. The summed E-state index contributed by atoms with van der Waals surface area (Å²) in [6.45, 7) is 3.31. The lowest BCUT2D eigenvalue weighted by atomic mass is 10.1. The van der Waals surface area contributed by atoms with Crippen LogP contribution in [0.2, 0.25) is 0 Å². The third-order valence-electron chi connectivity index (χ3n) is 5.68. The summed E-state index contributed by atoms with van der Waals surface area (Å²) in [6, 6.07) is 13.8. The normalized spacial score (nSPS) is 16.7. The molecule has 6 nitrogen and oxygen atoms in total. The zero-order valence-electron chi connectivity index (χ0n) is 17.6. The van der Waals surface area contributed by atoms with E-state index in [1.54, 1.807) is 30.7 Å². The second-order valence-corrected chi connectivity index (χ2v) is 8.58. The molecule has 0 radical (unpaired) electrons. The van der Waals surface area contributed by atoms with E-state index in [0.717, 1.165) is 21.8 Å². The molecule has 3 aromatic rings. The zero-order chi connectivity index (χ0) is 21.6. The van der Waals surface area contributed by atoms with Crippen molar-refractivity contribution in [2.45, 2.75) is 32.2 Å². The van der Waals surface area contributed by atoms with Gasteiger partial charge >= 0.3 is 0 Å². The van der Waals surface area contributed by atoms with Gasteiger partial charge in [-0.15, -0.1) is 11.3 Å². The first-order chi connectivity index (χ1) is 15.1. The summed E-state index contributed by atoms with van der Waals surface area (Å²) in [6.07, 6.45) is 5.36. The lowest BCUT2D eigenvalue weighted by Gasteiger charge is -2.28. The summed E-state index contributed by atoms with van der Waals surface area (Å²) in [7, 11) is 0. The van der Waals surface area contributed by atoms with Crippen molar-refractivity contribution >= 4 is 23.2 Å². The Morgan fingerprint density at radius 2 is 1.84 bits per heavy atom. The van der Waals surface area contributed by atoms with Gasteiger partial charge in [-0.2, -0.15) is 0 Å². The van der Waals surface area contributed by atoms with E-state index in [2.05, 4.69) is 4.98 Å². The molecule has 1 fully saturated rings. The van der Waals surface area contributed by atoms with E-state index < -0.39 is 0 Å². The van der Waals surface area contributed by atoms with Gasteiger partial charge in [0.1, 0.15) is 5.01 Å². The summed E-state index contributed by atoms with van der Waals surface area (Å²) in [5.74, 6) is 0.161. The highest BCUT2D eigenvalue weighted by Crippen LogP contribution is 2.32. The molecule has 7 heteroatoms. The van der Waals surface area contributed by atoms with Crippen LogP contribution in [0.15, 0.2) is 60.2 Å². The summed E-state index contributed by atoms with van der Waals surface area (Å²) in [4.78, 5) is 37.9. The lowest BCUT2D eigenvalue weighted by Crippen LogP contribution is -2.38. The van der Waals surface area contributed by atoms with Crippen LogP contribution >= 0.6 is 11.3 Å². The summed E-state index contributed by atoms with van der Waals surface area (Å²) in [5, 5.41) is 2.95. The molecule has 1 aromatic carbocycles. The average Bonchev–Trinajstić information content (AvgIpc) is 3.18. The highest BCUT2D eigenvalue weighted by atomic mass is 32.1. The Morgan fingerprint density at radius 3 is 2.58 bits per heavy atom. The molecule has 1 unspecified atom stereocenters. The van der Waals surface area contributed by atoms with Gasteiger partial charge in [-0.05, 0) is 30.5 Å². The first kappa shape index (κ1) is 21.2. The molecule has 0 N–H and O–H groups in total. The Balaban J connectivity index is 1.55. The van der Waals surface area contributed by atoms with Gasteiger partial charge in [0.05, 0.1) is 11.7 Å². The Hall–Kier alpha value is -3.06. The molecule has 0 spiro atoms. The van der Waals surface area contributed by atoms with Crippen molar-refractivity contribution in [3.8, 4) is 11.3 Å². The molecule has 1 atom stereocenters. The van der Waals surface area contributed by atoms with E-state index in [4.69, 9.17) is 4.98 Å². The van der Waals surface area contributed by atoms with Crippen molar-refractivity contribution in [3.63, 3.8) is 0 Å². The van der Waals surface area contributed by atoms with Crippen molar-refractivity contribution in [2.24, 2.45) is 0 Å². The van der Waals surface area contributed by atoms with E-state index in [9.17, 15) is 9.59 Å². The number of aryl methyl sites for hydroxylation is 1. The summed E-state index contributed by atoms with van der Waals surface area (Å²) < 4.78 is 0. The van der Waals surface area contributed by atoms with Gasteiger partial charge in [0, 0.05) is 56.3 Å². The number of amides is 2. The number of hydrogen-bond donors (Lipinski definition) is 0. The van der Waals surface area contributed by atoms with E-state index in [1.165, 1.54) is 0 Å². The number of aromatic nitrogens is 2. The van der Waals surface area contributed by atoms with Crippen LogP contribution in [0.4, 0.5) is 0 Å². The maximum Gasteiger partial charge on any atom is 0.223 e. The predicted octanol–water partition coefficient (Wildman–Crippen LogP) is 3.96. The summed E-state index contributed by atoms with van der Waals surface area (Å²) >= 11 is 1.58. The molecule has 3 heterocycles. The van der Waals surface area contributed by atoms with Crippen LogP contribution in [0.25, 0.3) is 11.3 Å². The quantitative estimate of drug-likeness (QED) is 0.610. The molecule has 160 valence electrons. The van der Waals surface area contributed by atoms with Gasteiger partial charge in [0.15, 0.2) is 0 Å². The van der Waals surface area contributed by atoms with Gasteiger partial charge in [-0.3, -0.25) is 14.6 Å². The number of carbonyl (C=O) groups excluding carboxylic acids is 2. The van der Waals surface area contributed by atoms with Crippen LogP contribution < -0.4 is 0 Å². The minimum absolute atomic E-state index is 0.0500. The highest BCUT2D eigenvalue weighted by molar-refractivity contribution is 7.10. The highest BCUT2D eigenvalue weighted by Gasteiger charge is 2.31. The second kappa shape index (κ2) is 9.83. The SMILES string of the molecule is CC(=O)N1CCC(c2nc(-c3ccncc3)cs2)N(C(=O)CCc2ccccc2)CC1. The molecular weight excluding hydrogens is 408 g/mol. The number of rotatable bonds is 5. The van der Waals surface area contributed by atoms with Gasteiger partial charge in [-0.1, -0.05) is 30.3 Å². The van der Waals surface area contributed by atoms with Gasteiger partial charge in [0.2, 0.25) is 11.8 Å². The lowest BCUT2D eigenvalue weighted by molar-refractivity contribution is -0.134. The number of nitrogens with zero attached hydrogens (tertiary/aromatic N) is 4. The Kier molecular flexibility index (Phi) is 6.72. The third-order valence-corrected chi connectivity index (χ3v) is 6.62. The van der Waals surface area contributed by atoms with Crippen molar-refractivity contribution in [1.82, 2.24) is 19.8 Å². The standard InChI is InChI=1S/C24H26N4O2S/c1-18(29)27-14-11-22(24-26-21(17-31-24)20-9-12-25-13-10-20)28(16-15-27)23(30)8-7-19-5-3-2-4-6-19/h2-6,9-10,12-13,17,22H,7-8,11,14-16H2,1H3. The van der Waals surface area contributed by atoms with E-state index in [-0.39, 0.29) is 17.9 Å². The summed E-state index contributed by atoms with van der Waals surface area (Å²) in [5.41, 5.74) is 3.06. The van der Waals surface area contributed by atoms with Crippen LogP contribution in [-0.2, 0) is 16.0 Å². The molecule has 4 rings (SSSR count). The topological polar surface area (TPSA) is 66.4 Å². The Bertz CT molecular complexity index is 1020. The zero-order valence-corrected chi connectivity index (χ0v) is 18.4. The van der Waals surface area contributed by atoms with E-state index >= 15 is 0 Å². The monoisotopic (exact) mass is 434 g/mol. The number of hydrogen-bond acceptors (Lipinski definition) is 5. The van der Waals surface area contributed by atoms with Crippen molar-refractivity contribution in [3.05, 3.63) is 70.8 Å². The molecule has 1 aliphatic heterocycles. The minimum Gasteiger partial charge on any atom is -0.341 e. The number of benzene rings is 1. The Morgan fingerprint density at radius 1 is 1.06 bits per heavy atom. The fraction of sp³-hybridized carbons (Fsp3) is 0.333. The van der Waals surface area contributed by atoms with Crippen molar-refractivity contribution in [2.75, 3.05) is 19.6 Å². The van der Waals surface area contributed by atoms with Crippen LogP contribution in [-0.4, -0.2) is 51.2 Å². The van der Waals surface area contributed by atoms with Gasteiger partial charge in [-0.25, -0.2) is 4.98 Å². The van der Waals surface area contributed by atoms with Gasteiger partial charge in [0.25, 0.3) is 0 Å². The van der Waals surface area contributed by atoms with E-state index in [1.807, 2.05) is 57.6 Å². The molecule has 31 heavy (non-hydrogen) atoms. The van der Waals surface area contributed by atoms with Crippen molar-refractivity contribution < 1.29 is 9.59 Å². The molecule has 1 aliphatic rings. The van der Waals surface area contributed by atoms with Crippen LogP contribution in [0.5, 0.6) is 0 Å². The molecule has 0 aliphatic carbocycles. The predicted molar refractivity (Wildman–Crippen MR) is 121 cm³/mol. The van der Waals surface area contributed by atoms with Gasteiger partial charge < -0.3 is 9.80 Å². The number of carbonyl (C=O) groups is 2. The van der Waals surface area contributed by atoms with E-state index in [0.29, 0.717) is 38.9 Å². The molecule has 1 saturated heterocycles. The minimum atomic E-state index is -0.117. The Labute approximate surface area is 186 Å². The molecule has 2 aromatic heterocycles. The molecular formula is C24H26N4O2S.